The molecule has 5 heteroatoms. The number of rotatable bonds is 4. The van der Waals surface area contributed by atoms with Crippen molar-refractivity contribution in [3.8, 4) is 0 Å². The van der Waals surface area contributed by atoms with Crippen molar-refractivity contribution in [1.29, 1.82) is 0 Å². The Labute approximate surface area is 127 Å². The number of carbonyl (C=O) groups excluding carboxylic acids is 2. The molecule has 21 heavy (non-hydrogen) atoms. The van der Waals surface area contributed by atoms with Gasteiger partial charge in [-0.2, -0.15) is 0 Å². The first kappa shape index (κ1) is 16.3. The Morgan fingerprint density at radius 1 is 1.24 bits per heavy atom. The molecular formula is C16H28N2O3. The van der Waals surface area contributed by atoms with Crippen LogP contribution >= 0.6 is 0 Å². The van der Waals surface area contributed by atoms with E-state index in [-0.39, 0.29) is 35.9 Å². The first-order valence-electron chi connectivity index (χ1n) is 8.17. The van der Waals surface area contributed by atoms with E-state index in [4.69, 9.17) is 4.74 Å². The van der Waals surface area contributed by atoms with E-state index in [9.17, 15) is 9.59 Å². The maximum atomic E-state index is 12.8. The fourth-order valence-corrected chi connectivity index (χ4v) is 3.54. The molecule has 2 fully saturated rings. The average Bonchev–Trinajstić information content (AvgIpc) is 2.48. The molecule has 2 rings (SSSR count). The lowest BCUT2D eigenvalue weighted by atomic mass is 9.87. The fraction of sp³-hybridized carbons (Fsp3) is 0.875. The molecule has 0 aromatic rings. The van der Waals surface area contributed by atoms with E-state index >= 15 is 0 Å². The Balaban J connectivity index is 2.24. The first-order valence-corrected chi connectivity index (χ1v) is 8.17. The second kappa shape index (κ2) is 6.77. The number of amides is 2. The third kappa shape index (κ3) is 3.23. The molecule has 0 bridgehead atoms. The highest BCUT2D eigenvalue weighted by atomic mass is 16.5. The van der Waals surface area contributed by atoms with Crippen LogP contribution in [0, 0.1) is 11.8 Å². The molecule has 0 radical (unpaired) electrons. The van der Waals surface area contributed by atoms with Gasteiger partial charge in [0.1, 0.15) is 12.1 Å². The quantitative estimate of drug-likeness (QED) is 0.856. The smallest absolute Gasteiger partial charge is 0.246 e. The molecule has 2 aliphatic heterocycles. The van der Waals surface area contributed by atoms with Crippen LogP contribution in [0.4, 0.5) is 0 Å². The molecule has 5 nitrogen and oxygen atoms in total. The molecule has 1 N–H and O–H groups in total. The Hall–Kier alpha value is -1.10. The van der Waals surface area contributed by atoms with Gasteiger partial charge in [0.2, 0.25) is 11.8 Å². The predicted octanol–water partition coefficient (Wildman–Crippen LogP) is 1.56. The van der Waals surface area contributed by atoms with Crippen molar-refractivity contribution in [3.63, 3.8) is 0 Å². The third-order valence-corrected chi connectivity index (χ3v) is 4.86. The van der Waals surface area contributed by atoms with Crippen LogP contribution in [0.25, 0.3) is 0 Å². The zero-order valence-electron chi connectivity index (χ0n) is 13.6. The van der Waals surface area contributed by atoms with Crippen LogP contribution in [-0.4, -0.2) is 48.1 Å². The minimum Gasteiger partial charge on any atom is -0.381 e. The lowest BCUT2D eigenvalue weighted by Crippen LogP contribution is -2.67. The van der Waals surface area contributed by atoms with Gasteiger partial charge in [0.25, 0.3) is 0 Å². The van der Waals surface area contributed by atoms with Crippen LogP contribution < -0.4 is 5.32 Å². The molecule has 0 saturated carbocycles. The van der Waals surface area contributed by atoms with Crippen LogP contribution in [0.5, 0.6) is 0 Å². The summed E-state index contributed by atoms with van der Waals surface area (Å²) < 4.78 is 5.42. The fourth-order valence-electron chi connectivity index (χ4n) is 3.54. The van der Waals surface area contributed by atoms with Crippen LogP contribution in [0.3, 0.4) is 0 Å². The first-order chi connectivity index (χ1) is 9.97. The molecule has 2 amide bonds. The molecule has 0 aromatic carbocycles. The zero-order valence-corrected chi connectivity index (χ0v) is 13.6. The highest BCUT2D eigenvalue weighted by molar-refractivity contribution is 5.97. The maximum absolute atomic E-state index is 12.8. The summed E-state index contributed by atoms with van der Waals surface area (Å²) in [6, 6.07) is -0.623. The summed E-state index contributed by atoms with van der Waals surface area (Å²) in [7, 11) is 0. The monoisotopic (exact) mass is 296 g/mol. The SMILES string of the molecule is CCC1NC(=O)C(C(C)C)N(C(C)C2CCOCC2)C1=O. The van der Waals surface area contributed by atoms with E-state index in [1.807, 2.05) is 25.7 Å². The van der Waals surface area contributed by atoms with Gasteiger partial charge >= 0.3 is 0 Å². The summed E-state index contributed by atoms with van der Waals surface area (Å²) in [5.41, 5.74) is 0. The molecule has 2 heterocycles. The molecule has 0 aromatic heterocycles. The van der Waals surface area contributed by atoms with Gasteiger partial charge in [0.05, 0.1) is 0 Å². The number of ether oxygens (including phenoxy) is 1. The maximum Gasteiger partial charge on any atom is 0.246 e. The van der Waals surface area contributed by atoms with Gasteiger partial charge in [-0.3, -0.25) is 9.59 Å². The lowest BCUT2D eigenvalue weighted by molar-refractivity contribution is -0.156. The summed E-state index contributed by atoms with van der Waals surface area (Å²) in [5.74, 6) is 0.617. The molecule has 2 saturated heterocycles. The zero-order chi connectivity index (χ0) is 15.6. The van der Waals surface area contributed by atoms with Crippen LogP contribution in [-0.2, 0) is 14.3 Å². The topological polar surface area (TPSA) is 58.6 Å². The highest BCUT2D eigenvalue weighted by Crippen LogP contribution is 2.29. The van der Waals surface area contributed by atoms with Gasteiger partial charge in [-0.1, -0.05) is 20.8 Å². The van der Waals surface area contributed by atoms with Gasteiger partial charge in [0.15, 0.2) is 0 Å². The van der Waals surface area contributed by atoms with Crippen molar-refractivity contribution in [2.75, 3.05) is 13.2 Å². The van der Waals surface area contributed by atoms with Gasteiger partial charge in [-0.05, 0) is 38.0 Å². The van der Waals surface area contributed by atoms with Gasteiger partial charge in [-0.25, -0.2) is 0 Å². The predicted molar refractivity (Wildman–Crippen MR) is 80.7 cm³/mol. The Kier molecular flexibility index (Phi) is 5.25. The van der Waals surface area contributed by atoms with E-state index < -0.39 is 0 Å². The molecular weight excluding hydrogens is 268 g/mol. The van der Waals surface area contributed by atoms with Gasteiger partial charge in [0, 0.05) is 19.3 Å². The lowest BCUT2D eigenvalue weighted by Gasteiger charge is -2.46. The largest absolute Gasteiger partial charge is 0.381 e. The molecule has 3 atom stereocenters. The Morgan fingerprint density at radius 3 is 2.38 bits per heavy atom. The number of nitrogens with zero attached hydrogens (tertiary/aromatic N) is 1. The Morgan fingerprint density at radius 2 is 1.86 bits per heavy atom. The number of nitrogens with one attached hydrogen (secondary N) is 1. The van der Waals surface area contributed by atoms with Crippen LogP contribution in [0.15, 0.2) is 0 Å². The Bertz CT molecular complexity index is 391. The van der Waals surface area contributed by atoms with Crippen molar-refractivity contribution >= 4 is 11.8 Å². The van der Waals surface area contributed by atoms with Crippen LogP contribution in [0.1, 0.15) is 47.0 Å². The molecule has 0 aliphatic carbocycles. The normalized spacial score (nSPS) is 29.7. The van der Waals surface area contributed by atoms with Crippen molar-refractivity contribution in [2.24, 2.45) is 11.8 Å². The summed E-state index contributed by atoms with van der Waals surface area (Å²) in [6.07, 6.45) is 2.58. The van der Waals surface area contributed by atoms with E-state index in [1.54, 1.807) is 0 Å². The minimum atomic E-state index is -0.366. The standard InChI is InChI=1S/C16H28N2O3/c1-5-13-16(20)18(14(10(2)3)15(19)17-13)11(4)12-6-8-21-9-7-12/h10-14H,5-9H2,1-4H3,(H,17,19). The summed E-state index contributed by atoms with van der Waals surface area (Å²) in [6.45, 7) is 9.56. The van der Waals surface area contributed by atoms with Crippen molar-refractivity contribution in [3.05, 3.63) is 0 Å². The molecule has 0 spiro atoms. The molecule has 3 unspecified atom stereocenters. The highest BCUT2D eigenvalue weighted by Gasteiger charge is 2.44. The summed E-state index contributed by atoms with van der Waals surface area (Å²) in [4.78, 5) is 27.1. The third-order valence-electron chi connectivity index (χ3n) is 4.86. The van der Waals surface area contributed by atoms with Gasteiger partial charge < -0.3 is 15.0 Å². The second-order valence-corrected chi connectivity index (χ2v) is 6.59. The van der Waals surface area contributed by atoms with E-state index in [0.717, 1.165) is 26.1 Å². The summed E-state index contributed by atoms with van der Waals surface area (Å²) in [5, 5.41) is 2.88. The summed E-state index contributed by atoms with van der Waals surface area (Å²) >= 11 is 0. The molecule has 2 aliphatic rings. The van der Waals surface area contributed by atoms with Gasteiger partial charge in [-0.15, -0.1) is 0 Å². The molecule has 120 valence electrons. The minimum absolute atomic E-state index is 0.00430. The van der Waals surface area contributed by atoms with E-state index in [0.29, 0.717) is 12.3 Å². The van der Waals surface area contributed by atoms with Crippen molar-refractivity contribution in [2.45, 2.75) is 65.1 Å². The number of hydrogen-bond acceptors (Lipinski definition) is 3. The van der Waals surface area contributed by atoms with Crippen molar-refractivity contribution in [1.82, 2.24) is 10.2 Å². The average molecular weight is 296 g/mol. The van der Waals surface area contributed by atoms with Crippen molar-refractivity contribution < 1.29 is 14.3 Å². The van der Waals surface area contributed by atoms with E-state index in [2.05, 4.69) is 12.2 Å². The van der Waals surface area contributed by atoms with E-state index in [1.165, 1.54) is 0 Å². The number of hydrogen-bond donors (Lipinski definition) is 1. The number of carbonyl (C=O) groups is 2. The van der Waals surface area contributed by atoms with Crippen LogP contribution in [0.2, 0.25) is 0 Å². The second-order valence-electron chi connectivity index (χ2n) is 6.59. The number of piperazine rings is 1.